The Morgan fingerprint density at radius 1 is 0.276 bits per heavy atom. The molecule has 0 radical (unpaired) electrons. The van der Waals surface area contributed by atoms with Gasteiger partial charge in [0.15, 0.2) is 6.10 Å². The maximum Gasteiger partial charge on any atom is 0.306 e. The van der Waals surface area contributed by atoms with Crippen molar-refractivity contribution >= 4 is 17.9 Å². The molecular formula is C70H118O6. The number of carbonyl (C=O) groups is 3. The first-order valence-corrected chi connectivity index (χ1v) is 31.9. The summed E-state index contributed by atoms with van der Waals surface area (Å²) in [5.41, 5.74) is 0. The van der Waals surface area contributed by atoms with E-state index in [9.17, 15) is 14.4 Å². The van der Waals surface area contributed by atoms with Crippen molar-refractivity contribution in [1.82, 2.24) is 0 Å². The molecule has 0 aliphatic heterocycles. The number of esters is 3. The molecule has 6 nitrogen and oxygen atoms in total. The number of rotatable bonds is 57. The zero-order chi connectivity index (χ0) is 55.0. The van der Waals surface area contributed by atoms with E-state index in [0.717, 1.165) is 128 Å². The van der Waals surface area contributed by atoms with Crippen molar-refractivity contribution in [2.75, 3.05) is 13.2 Å². The van der Waals surface area contributed by atoms with Gasteiger partial charge >= 0.3 is 17.9 Å². The molecule has 76 heavy (non-hydrogen) atoms. The lowest BCUT2D eigenvalue weighted by atomic mass is 10.1. The van der Waals surface area contributed by atoms with Crippen molar-refractivity contribution in [3.8, 4) is 0 Å². The zero-order valence-electron chi connectivity index (χ0n) is 49.7. The van der Waals surface area contributed by atoms with Crippen LogP contribution >= 0.6 is 0 Å². The number of unbranched alkanes of at least 4 members (excludes halogenated alkanes) is 28. The van der Waals surface area contributed by atoms with Crippen molar-refractivity contribution in [1.29, 1.82) is 0 Å². The minimum atomic E-state index is -0.795. The van der Waals surface area contributed by atoms with Crippen LogP contribution in [0, 0.1) is 0 Å². The Kier molecular flexibility index (Phi) is 60.3. The van der Waals surface area contributed by atoms with Crippen LogP contribution in [0.1, 0.15) is 297 Å². The lowest BCUT2D eigenvalue weighted by Crippen LogP contribution is -2.30. The average molecular weight is 1060 g/mol. The molecule has 0 aromatic rings. The second-order valence-corrected chi connectivity index (χ2v) is 20.9. The van der Waals surface area contributed by atoms with Gasteiger partial charge < -0.3 is 14.2 Å². The van der Waals surface area contributed by atoms with E-state index in [1.165, 1.54) is 128 Å². The van der Waals surface area contributed by atoms with Gasteiger partial charge in [0.25, 0.3) is 0 Å². The SMILES string of the molecule is CC/C=C\C/C=C\C/C=C\C/C=C\C/C=C\C/C=C\CCCCCCCCC(=O)OCC(COC(=O)CCCCCCC/C=C\CCCCCCCC)OC(=O)CCCCCCCCC/C=C\C/C=C\CCCCCC. The molecule has 0 aliphatic carbocycles. The molecule has 0 aromatic heterocycles. The van der Waals surface area contributed by atoms with Crippen LogP contribution in [0.4, 0.5) is 0 Å². The van der Waals surface area contributed by atoms with E-state index >= 15 is 0 Å². The van der Waals surface area contributed by atoms with Crippen LogP contribution in [0.15, 0.2) is 109 Å². The molecule has 0 spiro atoms. The van der Waals surface area contributed by atoms with Crippen LogP contribution in [-0.2, 0) is 28.6 Å². The molecule has 0 heterocycles. The molecule has 0 saturated heterocycles. The minimum absolute atomic E-state index is 0.0908. The lowest BCUT2D eigenvalue weighted by molar-refractivity contribution is -0.167. The van der Waals surface area contributed by atoms with Crippen LogP contribution in [0.2, 0.25) is 0 Å². The van der Waals surface area contributed by atoms with Gasteiger partial charge in [-0.1, -0.05) is 259 Å². The second kappa shape index (κ2) is 63.6. The standard InChI is InChI=1S/C70H118O6/c1-4-7-10-13-16-19-22-25-28-30-32-33-34-35-36-37-38-40-42-45-48-51-54-57-60-63-69(72)75-66-67(65-74-68(71)62-59-56-53-50-47-44-41-27-24-21-18-15-12-9-6-3)76-70(73)64-61-58-55-52-49-46-43-39-31-29-26-23-20-17-14-11-8-5-2/h7,10,16,19-20,23,25,27-29,31-33,35-36,38,40-41,67H,4-6,8-9,11-15,17-18,21-22,24,26,30,34,37,39,42-66H2,1-3H3/b10-7-,19-16-,23-20-,28-25-,31-29-,33-32-,36-35-,40-38-,41-27-. The van der Waals surface area contributed by atoms with Gasteiger partial charge in [-0.25, -0.2) is 0 Å². The fraction of sp³-hybridized carbons (Fsp3) is 0.700. The van der Waals surface area contributed by atoms with E-state index < -0.39 is 6.10 Å². The van der Waals surface area contributed by atoms with Crippen molar-refractivity contribution in [2.24, 2.45) is 0 Å². The van der Waals surface area contributed by atoms with Crippen molar-refractivity contribution < 1.29 is 28.6 Å². The van der Waals surface area contributed by atoms with E-state index in [1.807, 2.05) is 0 Å². The third kappa shape index (κ3) is 60.9. The summed E-state index contributed by atoms with van der Waals surface area (Å²) in [5, 5.41) is 0. The summed E-state index contributed by atoms with van der Waals surface area (Å²) >= 11 is 0. The van der Waals surface area contributed by atoms with Gasteiger partial charge in [0.2, 0.25) is 0 Å². The topological polar surface area (TPSA) is 78.9 Å². The Morgan fingerprint density at radius 3 is 0.829 bits per heavy atom. The fourth-order valence-corrected chi connectivity index (χ4v) is 8.71. The van der Waals surface area contributed by atoms with Crippen LogP contribution in [0.5, 0.6) is 0 Å². The molecule has 434 valence electrons. The second-order valence-electron chi connectivity index (χ2n) is 20.9. The Balaban J connectivity index is 4.42. The lowest BCUT2D eigenvalue weighted by Gasteiger charge is -2.18. The number of hydrogen-bond donors (Lipinski definition) is 0. The zero-order valence-corrected chi connectivity index (χ0v) is 49.7. The van der Waals surface area contributed by atoms with Crippen molar-refractivity contribution in [3.63, 3.8) is 0 Å². The van der Waals surface area contributed by atoms with E-state index in [1.54, 1.807) is 0 Å². The average Bonchev–Trinajstić information content (AvgIpc) is 3.42. The highest BCUT2D eigenvalue weighted by Gasteiger charge is 2.19. The first-order chi connectivity index (χ1) is 37.5. The van der Waals surface area contributed by atoms with Gasteiger partial charge in [-0.15, -0.1) is 0 Å². The van der Waals surface area contributed by atoms with Gasteiger partial charge in [-0.2, -0.15) is 0 Å². The summed E-state index contributed by atoms with van der Waals surface area (Å²) in [6.07, 6.45) is 86.5. The summed E-state index contributed by atoms with van der Waals surface area (Å²) in [6, 6.07) is 0. The number of hydrogen-bond acceptors (Lipinski definition) is 6. The summed E-state index contributed by atoms with van der Waals surface area (Å²) in [6.45, 7) is 6.50. The summed E-state index contributed by atoms with van der Waals surface area (Å²) in [7, 11) is 0. The maximum absolute atomic E-state index is 12.9. The van der Waals surface area contributed by atoms with E-state index in [0.29, 0.717) is 19.3 Å². The molecule has 0 rings (SSSR count). The smallest absolute Gasteiger partial charge is 0.306 e. The van der Waals surface area contributed by atoms with E-state index in [2.05, 4.69) is 130 Å². The third-order valence-corrected chi connectivity index (χ3v) is 13.5. The fourth-order valence-electron chi connectivity index (χ4n) is 8.71. The van der Waals surface area contributed by atoms with Crippen molar-refractivity contribution in [3.05, 3.63) is 109 Å². The number of carbonyl (C=O) groups excluding carboxylic acids is 3. The van der Waals surface area contributed by atoms with E-state index in [-0.39, 0.29) is 31.1 Å². The first-order valence-electron chi connectivity index (χ1n) is 31.9. The van der Waals surface area contributed by atoms with Crippen LogP contribution in [-0.4, -0.2) is 37.2 Å². The highest BCUT2D eigenvalue weighted by molar-refractivity contribution is 5.71. The molecular weight excluding hydrogens is 937 g/mol. The largest absolute Gasteiger partial charge is 0.462 e. The molecule has 0 saturated carbocycles. The Morgan fingerprint density at radius 2 is 0.513 bits per heavy atom. The monoisotopic (exact) mass is 1050 g/mol. The highest BCUT2D eigenvalue weighted by Crippen LogP contribution is 2.15. The Hall–Kier alpha value is -3.93. The van der Waals surface area contributed by atoms with Crippen LogP contribution in [0.3, 0.4) is 0 Å². The normalized spacial score (nSPS) is 12.8. The summed E-state index contributed by atoms with van der Waals surface area (Å²) in [5.74, 6) is -0.915. The molecule has 0 fully saturated rings. The van der Waals surface area contributed by atoms with Gasteiger partial charge in [0.05, 0.1) is 0 Å². The van der Waals surface area contributed by atoms with Gasteiger partial charge in [0.1, 0.15) is 13.2 Å². The molecule has 0 aliphatic rings. The molecule has 0 bridgehead atoms. The van der Waals surface area contributed by atoms with Crippen LogP contribution < -0.4 is 0 Å². The number of ether oxygens (including phenoxy) is 3. The predicted octanol–water partition coefficient (Wildman–Crippen LogP) is 21.8. The quantitative estimate of drug-likeness (QED) is 0.0261. The first kappa shape index (κ1) is 72.1. The molecule has 0 amide bonds. The van der Waals surface area contributed by atoms with Gasteiger partial charge in [0, 0.05) is 19.3 Å². The molecule has 1 atom stereocenters. The van der Waals surface area contributed by atoms with Gasteiger partial charge in [-0.05, 0) is 128 Å². The van der Waals surface area contributed by atoms with Crippen LogP contribution in [0.25, 0.3) is 0 Å². The molecule has 0 N–H and O–H groups in total. The van der Waals surface area contributed by atoms with E-state index in [4.69, 9.17) is 14.2 Å². The Labute approximate surface area is 470 Å². The maximum atomic E-state index is 12.9. The minimum Gasteiger partial charge on any atom is -0.462 e. The molecule has 0 aromatic carbocycles. The third-order valence-electron chi connectivity index (χ3n) is 13.5. The molecule has 6 heteroatoms. The Bertz CT molecular complexity index is 1540. The number of allylic oxidation sites excluding steroid dienone is 18. The summed E-state index contributed by atoms with van der Waals surface area (Å²) < 4.78 is 16.9. The highest BCUT2D eigenvalue weighted by atomic mass is 16.6. The summed E-state index contributed by atoms with van der Waals surface area (Å²) in [4.78, 5) is 38.3. The molecule has 1 unspecified atom stereocenters. The predicted molar refractivity (Wildman–Crippen MR) is 330 cm³/mol. The van der Waals surface area contributed by atoms with Gasteiger partial charge in [-0.3, -0.25) is 14.4 Å². The van der Waals surface area contributed by atoms with Crippen molar-refractivity contribution in [2.45, 2.75) is 303 Å².